The second kappa shape index (κ2) is 9.20. The molecule has 0 aromatic heterocycles. The first-order valence-electron chi connectivity index (χ1n) is 7.73. The highest BCUT2D eigenvalue weighted by atomic mass is 32.2. The first-order valence-corrected chi connectivity index (χ1v) is 8.71. The van der Waals surface area contributed by atoms with Gasteiger partial charge in [0.25, 0.3) is 5.91 Å². The third-order valence-electron chi connectivity index (χ3n) is 3.29. The van der Waals surface area contributed by atoms with E-state index in [2.05, 4.69) is 18.3 Å². The monoisotopic (exact) mass is 331 g/mol. The summed E-state index contributed by atoms with van der Waals surface area (Å²) in [6.07, 6.45) is 1.94. The maximum atomic E-state index is 11.7. The second-order valence-corrected chi connectivity index (χ2v) is 6.21. The van der Waals surface area contributed by atoms with Crippen LogP contribution in [0, 0.1) is 0 Å². The number of nitrogens with one attached hydrogen (secondary N) is 1. The fraction of sp³-hybridized carbons (Fsp3) is 0.333. The Morgan fingerprint density at radius 3 is 2.70 bits per heavy atom. The van der Waals surface area contributed by atoms with Crippen LogP contribution >= 0.6 is 11.8 Å². The van der Waals surface area contributed by atoms with Crippen LogP contribution in [0.3, 0.4) is 0 Å². The molecule has 0 bridgehead atoms. The number of amides is 1. The fourth-order valence-corrected chi connectivity index (χ4v) is 2.79. The Morgan fingerprint density at radius 2 is 1.91 bits per heavy atom. The number of rotatable bonds is 8. The van der Waals surface area contributed by atoms with Crippen LogP contribution < -0.4 is 5.32 Å². The zero-order valence-corrected chi connectivity index (χ0v) is 14.0. The maximum absolute atomic E-state index is 11.7. The number of hydrogen-bond acceptors (Lipinski definition) is 4. The Hall–Kier alpha value is -2.01. The minimum atomic E-state index is -0.381. The van der Waals surface area contributed by atoms with Crippen molar-refractivity contribution in [3.63, 3.8) is 0 Å². The van der Waals surface area contributed by atoms with Crippen LogP contribution in [0.1, 0.15) is 19.8 Å². The first-order chi connectivity index (χ1) is 11.2. The molecule has 0 fully saturated rings. The predicted octanol–water partition coefficient (Wildman–Crippen LogP) is 3.39. The smallest absolute Gasteiger partial charge is 0.316 e. The van der Waals surface area contributed by atoms with Crippen molar-refractivity contribution in [2.24, 2.45) is 0 Å². The second-order valence-electron chi connectivity index (χ2n) is 5.16. The molecule has 0 unspecified atom stereocenters. The molecule has 2 rings (SSSR count). The van der Waals surface area contributed by atoms with Gasteiger partial charge in [-0.1, -0.05) is 43.7 Å². The normalized spacial score (nSPS) is 10.5. The number of thioether (sulfide) groups is 1. The van der Waals surface area contributed by atoms with Gasteiger partial charge in [-0.25, -0.2) is 0 Å². The summed E-state index contributed by atoms with van der Waals surface area (Å²) in [6, 6.07) is 14.1. The van der Waals surface area contributed by atoms with E-state index in [9.17, 15) is 9.59 Å². The SMILES string of the molecule is CCCCNC(=O)COC(=O)CSc1ccc2ccccc2c1. The predicted molar refractivity (Wildman–Crippen MR) is 93.5 cm³/mol. The van der Waals surface area contributed by atoms with Crippen molar-refractivity contribution in [2.45, 2.75) is 24.7 Å². The van der Waals surface area contributed by atoms with Crippen LogP contribution in [0.5, 0.6) is 0 Å². The largest absolute Gasteiger partial charge is 0.455 e. The minimum absolute atomic E-state index is 0.195. The fourth-order valence-electron chi connectivity index (χ4n) is 2.04. The Morgan fingerprint density at radius 1 is 1.13 bits per heavy atom. The van der Waals surface area contributed by atoms with Crippen molar-refractivity contribution in [3.8, 4) is 0 Å². The zero-order valence-electron chi connectivity index (χ0n) is 13.2. The quantitative estimate of drug-likeness (QED) is 0.458. The van der Waals surface area contributed by atoms with Crippen molar-refractivity contribution < 1.29 is 14.3 Å². The van der Waals surface area contributed by atoms with Crippen LogP contribution in [-0.4, -0.2) is 30.8 Å². The van der Waals surface area contributed by atoms with E-state index in [1.54, 1.807) is 0 Å². The van der Waals surface area contributed by atoms with Gasteiger partial charge >= 0.3 is 5.97 Å². The molecule has 0 saturated carbocycles. The summed E-state index contributed by atoms with van der Waals surface area (Å²) in [5, 5.41) is 5.02. The molecule has 1 amide bonds. The van der Waals surface area contributed by atoms with Gasteiger partial charge in [0.2, 0.25) is 0 Å². The van der Waals surface area contributed by atoms with Gasteiger partial charge in [-0.05, 0) is 29.3 Å². The molecule has 4 nitrogen and oxygen atoms in total. The topological polar surface area (TPSA) is 55.4 Å². The Bertz CT molecular complexity index is 672. The lowest BCUT2D eigenvalue weighted by Gasteiger charge is -2.06. The molecule has 23 heavy (non-hydrogen) atoms. The summed E-state index contributed by atoms with van der Waals surface area (Å²) in [4.78, 5) is 24.1. The van der Waals surface area contributed by atoms with Crippen molar-refractivity contribution in [1.82, 2.24) is 5.32 Å². The van der Waals surface area contributed by atoms with Crippen LogP contribution in [0.25, 0.3) is 10.8 Å². The third-order valence-corrected chi connectivity index (χ3v) is 4.26. The highest BCUT2D eigenvalue weighted by Gasteiger charge is 2.08. The molecule has 0 radical (unpaired) electrons. The number of carbonyl (C=O) groups excluding carboxylic acids is 2. The molecule has 1 N–H and O–H groups in total. The zero-order chi connectivity index (χ0) is 16.5. The van der Waals surface area contributed by atoms with Crippen LogP contribution in [0.2, 0.25) is 0 Å². The Labute approximate surface area is 140 Å². The van der Waals surface area contributed by atoms with Crippen LogP contribution in [-0.2, 0) is 14.3 Å². The van der Waals surface area contributed by atoms with E-state index in [1.165, 1.54) is 17.1 Å². The van der Waals surface area contributed by atoms with E-state index in [4.69, 9.17) is 4.74 Å². The van der Waals surface area contributed by atoms with Gasteiger partial charge in [-0.3, -0.25) is 9.59 Å². The van der Waals surface area contributed by atoms with Crippen LogP contribution in [0.15, 0.2) is 47.4 Å². The highest BCUT2D eigenvalue weighted by Crippen LogP contribution is 2.23. The van der Waals surface area contributed by atoms with E-state index < -0.39 is 0 Å². The molecule has 5 heteroatoms. The van der Waals surface area contributed by atoms with E-state index in [1.807, 2.05) is 36.4 Å². The number of hydrogen-bond donors (Lipinski definition) is 1. The van der Waals surface area contributed by atoms with Gasteiger partial charge in [0.1, 0.15) is 0 Å². The molecule has 0 aliphatic heterocycles. The summed E-state index contributed by atoms with van der Waals surface area (Å²) in [5.41, 5.74) is 0. The Kier molecular flexibility index (Phi) is 6.94. The number of carbonyl (C=O) groups is 2. The summed E-state index contributed by atoms with van der Waals surface area (Å²) in [7, 11) is 0. The standard InChI is InChI=1S/C18H21NO3S/c1-2-3-10-19-17(20)12-22-18(21)13-23-16-9-8-14-6-4-5-7-15(14)11-16/h4-9,11H,2-3,10,12-13H2,1H3,(H,19,20). The highest BCUT2D eigenvalue weighted by molar-refractivity contribution is 8.00. The summed E-state index contributed by atoms with van der Waals surface area (Å²) >= 11 is 1.41. The molecule has 0 atom stereocenters. The van der Waals surface area contributed by atoms with Crippen LogP contribution in [0.4, 0.5) is 0 Å². The van der Waals surface area contributed by atoms with E-state index in [0.717, 1.165) is 23.1 Å². The number of unbranched alkanes of at least 4 members (excludes halogenated alkanes) is 1. The molecule has 2 aromatic carbocycles. The molecule has 2 aromatic rings. The van der Waals surface area contributed by atoms with Gasteiger partial charge < -0.3 is 10.1 Å². The van der Waals surface area contributed by atoms with E-state index in [0.29, 0.717) is 6.54 Å². The summed E-state index contributed by atoms with van der Waals surface area (Å²) in [6.45, 7) is 2.47. The lowest BCUT2D eigenvalue weighted by Crippen LogP contribution is -2.29. The average molecular weight is 331 g/mol. The van der Waals surface area contributed by atoms with Crippen molar-refractivity contribution in [3.05, 3.63) is 42.5 Å². The molecule has 0 aliphatic rings. The van der Waals surface area contributed by atoms with Gasteiger partial charge in [-0.2, -0.15) is 0 Å². The molecule has 122 valence electrons. The lowest BCUT2D eigenvalue weighted by molar-refractivity contribution is -0.145. The van der Waals surface area contributed by atoms with Gasteiger partial charge in [-0.15, -0.1) is 11.8 Å². The van der Waals surface area contributed by atoms with Crippen molar-refractivity contribution in [2.75, 3.05) is 18.9 Å². The van der Waals surface area contributed by atoms with E-state index in [-0.39, 0.29) is 24.2 Å². The maximum Gasteiger partial charge on any atom is 0.316 e. The lowest BCUT2D eigenvalue weighted by atomic mass is 10.1. The van der Waals surface area contributed by atoms with Crippen molar-refractivity contribution in [1.29, 1.82) is 0 Å². The summed E-state index contributed by atoms with van der Waals surface area (Å²) < 4.78 is 4.97. The summed E-state index contributed by atoms with van der Waals surface area (Å²) in [5.74, 6) is -0.433. The van der Waals surface area contributed by atoms with Gasteiger partial charge in [0.05, 0.1) is 5.75 Å². The first kappa shape index (κ1) is 17.3. The molecular formula is C18H21NO3S. The molecule has 0 saturated heterocycles. The molecular weight excluding hydrogens is 310 g/mol. The average Bonchev–Trinajstić information content (AvgIpc) is 2.58. The molecule has 0 spiro atoms. The molecule has 0 aliphatic carbocycles. The Balaban J connectivity index is 1.74. The van der Waals surface area contributed by atoms with Crippen molar-refractivity contribution >= 4 is 34.4 Å². The third kappa shape index (κ3) is 5.94. The van der Waals surface area contributed by atoms with E-state index >= 15 is 0 Å². The van der Waals surface area contributed by atoms with Gasteiger partial charge in [0.15, 0.2) is 6.61 Å². The van der Waals surface area contributed by atoms with Gasteiger partial charge in [0, 0.05) is 11.4 Å². The number of esters is 1. The number of benzene rings is 2. The number of ether oxygens (including phenoxy) is 1. The number of fused-ring (bicyclic) bond motifs is 1. The molecule has 0 heterocycles. The minimum Gasteiger partial charge on any atom is -0.455 e.